The molecule has 0 aliphatic carbocycles. The number of phosphoric ester groups is 2. The van der Waals surface area contributed by atoms with Crippen LogP contribution in [-0.2, 0) is 65.4 Å². The van der Waals surface area contributed by atoms with Crippen LogP contribution >= 0.6 is 15.6 Å². The van der Waals surface area contributed by atoms with Crippen LogP contribution in [0.2, 0.25) is 0 Å². The van der Waals surface area contributed by atoms with Crippen molar-refractivity contribution in [2.45, 2.75) is 342 Å². The highest BCUT2D eigenvalue weighted by atomic mass is 31.2. The van der Waals surface area contributed by atoms with E-state index in [-0.39, 0.29) is 25.7 Å². The van der Waals surface area contributed by atoms with Crippen molar-refractivity contribution in [3.8, 4) is 0 Å². The molecule has 17 nitrogen and oxygen atoms in total. The predicted molar refractivity (Wildman–Crippen MR) is 335 cm³/mol. The summed E-state index contributed by atoms with van der Waals surface area (Å²) < 4.78 is 67.9. The van der Waals surface area contributed by atoms with Crippen molar-refractivity contribution in [2.75, 3.05) is 39.6 Å². The minimum Gasteiger partial charge on any atom is -0.462 e. The summed E-state index contributed by atoms with van der Waals surface area (Å²) in [5.74, 6) is -0.704. The van der Waals surface area contributed by atoms with E-state index in [1.165, 1.54) is 128 Å². The summed E-state index contributed by atoms with van der Waals surface area (Å²) in [5.41, 5.74) is 0. The smallest absolute Gasteiger partial charge is 0.462 e. The molecular formula is C65H126O17P2. The highest BCUT2D eigenvalue weighted by molar-refractivity contribution is 7.47. The third kappa shape index (κ3) is 59.0. The van der Waals surface area contributed by atoms with Crippen molar-refractivity contribution >= 4 is 39.5 Å². The maximum Gasteiger partial charge on any atom is 0.472 e. The normalized spacial score (nSPS) is 14.3. The van der Waals surface area contributed by atoms with Gasteiger partial charge in [-0.15, -0.1) is 0 Å². The lowest BCUT2D eigenvalue weighted by atomic mass is 10.0. The topological polar surface area (TPSA) is 237 Å². The maximum atomic E-state index is 13.0. The van der Waals surface area contributed by atoms with Gasteiger partial charge in [0.25, 0.3) is 0 Å². The molecule has 0 saturated carbocycles. The van der Waals surface area contributed by atoms with E-state index in [4.69, 9.17) is 37.0 Å². The average Bonchev–Trinajstić information content (AvgIpc) is 3.53. The fourth-order valence-corrected chi connectivity index (χ4v) is 11.3. The predicted octanol–water partition coefficient (Wildman–Crippen LogP) is 18.0. The second kappa shape index (κ2) is 57.5. The average molecular weight is 1240 g/mol. The van der Waals surface area contributed by atoms with Crippen LogP contribution in [-0.4, -0.2) is 96.7 Å². The zero-order chi connectivity index (χ0) is 62.2. The number of hydrogen-bond acceptors (Lipinski definition) is 15. The lowest BCUT2D eigenvalue weighted by molar-refractivity contribution is -0.161. The Bertz CT molecular complexity index is 1650. The summed E-state index contributed by atoms with van der Waals surface area (Å²) in [6, 6.07) is 0. The van der Waals surface area contributed by atoms with Gasteiger partial charge in [-0.1, -0.05) is 273 Å². The first-order chi connectivity index (χ1) is 40.4. The Balaban J connectivity index is 5.21. The standard InChI is InChI=1S/C65H126O17P2/c1-7-9-11-13-15-16-17-18-19-22-25-29-36-42-48-63(68)76-54-60(81-64(69)49-43-37-30-26-23-20-21-24-28-33-39-45-57(3)4)55-79-83(71,72)77-51-59(66)52-78-84(73,74)80-56-61(53-75-62(67)47-41-35-27-14-12-10-8-2)82-65(70)50-44-38-32-31-34-40-46-58(5)6/h57-61,66H,7-56H2,1-6H3,(H,71,72)(H,73,74)/t59-,60-,61-/m1/s1. The summed E-state index contributed by atoms with van der Waals surface area (Å²) >= 11 is 0. The molecule has 5 atom stereocenters. The quantitative estimate of drug-likeness (QED) is 0.0222. The third-order valence-electron chi connectivity index (χ3n) is 15.0. The number of aliphatic hydroxyl groups is 1. The molecule has 0 amide bonds. The van der Waals surface area contributed by atoms with E-state index in [1.807, 2.05) is 0 Å². The van der Waals surface area contributed by atoms with E-state index < -0.39 is 97.5 Å². The highest BCUT2D eigenvalue weighted by Gasteiger charge is 2.30. The number of aliphatic hydroxyl groups excluding tert-OH is 1. The first-order valence-electron chi connectivity index (χ1n) is 34.0. The van der Waals surface area contributed by atoms with Crippen LogP contribution in [0.15, 0.2) is 0 Å². The third-order valence-corrected chi connectivity index (χ3v) is 16.9. The molecule has 0 aliphatic heterocycles. The number of rotatable bonds is 64. The van der Waals surface area contributed by atoms with Gasteiger partial charge in [0, 0.05) is 25.7 Å². The summed E-state index contributed by atoms with van der Waals surface area (Å²) in [6.07, 6.45) is 40.6. The SMILES string of the molecule is CCCCCCCCCCCCCCCCC(=O)OC[C@H](COP(=O)(O)OC[C@@H](O)COP(=O)(O)OC[C@@H](COC(=O)CCCCCCCCC)OC(=O)CCCCCCCCC(C)C)OC(=O)CCCCCCCCCCCCCC(C)C. The molecule has 0 saturated heterocycles. The molecule has 2 unspecified atom stereocenters. The Hall–Kier alpha value is -1.94. The number of hydrogen-bond donors (Lipinski definition) is 3. The fourth-order valence-electron chi connectivity index (χ4n) is 9.71. The van der Waals surface area contributed by atoms with Crippen molar-refractivity contribution in [3.63, 3.8) is 0 Å². The summed E-state index contributed by atoms with van der Waals surface area (Å²) in [6.45, 7) is 9.38. The van der Waals surface area contributed by atoms with Gasteiger partial charge in [-0.3, -0.25) is 37.3 Å². The highest BCUT2D eigenvalue weighted by Crippen LogP contribution is 2.45. The van der Waals surface area contributed by atoms with Gasteiger partial charge in [-0.05, 0) is 37.5 Å². The molecule has 0 aromatic heterocycles. The number of phosphoric acid groups is 2. The van der Waals surface area contributed by atoms with E-state index in [2.05, 4.69) is 41.5 Å². The van der Waals surface area contributed by atoms with Crippen molar-refractivity contribution in [3.05, 3.63) is 0 Å². The Morgan fingerprint density at radius 1 is 0.321 bits per heavy atom. The number of carbonyl (C=O) groups is 4. The Kier molecular flexibility index (Phi) is 56.2. The molecule has 0 aromatic carbocycles. The van der Waals surface area contributed by atoms with E-state index in [1.54, 1.807) is 0 Å². The van der Waals surface area contributed by atoms with Crippen LogP contribution in [0.4, 0.5) is 0 Å². The Morgan fingerprint density at radius 2 is 0.548 bits per heavy atom. The molecule has 0 radical (unpaired) electrons. The van der Waals surface area contributed by atoms with Gasteiger partial charge in [-0.25, -0.2) is 9.13 Å². The van der Waals surface area contributed by atoms with Gasteiger partial charge in [0.1, 0.15) is 19.3 Å². The molecular weight excluding hydrogens is 1110 g/mol. The summed E-state index contributed by atoms with van der Waals surface area (Å²) in [4.78, 5) is 72.1. The molecule has 0 aliphatic rings. The lowest BCUT2D eigenvalue weighted by Crippen LogP contribution is -2.30. The van der Waals surface area contributed by atoms with Crippen molar-refractivity contribution in [1.82, 2.24) is 0 Å². The Morgan fingerprint density at radius 3 is 0.810 bits per heavy atom. The number of carbonyl (C=O) groups excluding carboxylic acids is 4. The molecule has 498 valence electrons. The van der Waals surface area contributed by atoms with Crippen molar-refractivity contribution in [2.24, 2.45) is 11.8 Å². The van der Waals surface area contributed by atoms with Gasteiger partial charge >= 0.3 is 39.5 Å². The monoisotopic (exact) mass is 1240 g/mol. The van der Waals surface area contributed by atoms with Crippen LogP contribution in [0, 0.1) is 11.8 Å². The van der Waals surface area contributed by atoms with Crippen LogP contribution < -0.4 is 0 Å². The lowest BCUT2D eigenvalue weighted by Gasteiger charge is -2.21. The number of ether oxygens (including phenoxy) is 4. The van der Waals surface area contributed by atoms with E-state index >= 15 is 0 Å². The first kappa shape index (κ1) is 82.1. The molecule has 0 aromatic rings. The van der Waals surface area contributed by atoms with Crippen LogP contribution in [0.3, 0.4) is 0 Å². The van der Waals surface area contributed by atoms with Gasteiger partial charge in [0.2, 0.25) is 0 Å². The zero-order valence-electron chi connectivity index (χ0n) is 54.2. The minimum absolute atomic E-state index is 0.102. The zero-order valence-corrected chi connectivity index (χ0v) is 56.0. The summed E-state index contributed by atoms with van der Waals surface area (Å²) in [5, 5.41) is 10.5. The van der Waals surface area contributed by atoms with Crippen LogP contribution in [0.5, 0.6) is 0 Å². The maximum absolute atomic E-state index is 13.0. The fraction of sp³-hybridized carbons (Fsp3) is 0.938. The molecule has 0 fully saturated rings. The molecule has 0 bridgehead atoms. The van der Waals surface area contributed by atoms with Gasteiger partial charge in [-0.2, -0.15) is 0 Å². The van der Waals surface area contributed by atoms with E-state index in [9.17, 15) is 43.2 Å². The molecule has 3 N–H and O–H groups in total. The van der Waals surface area contributed by atoms with E-state index in [0.717, 1.165) is 109 Å². The van der Waals surface area contributed by atoms with E-state index in [0.29, 0.717) is 31.6 Å². The van der Waals surface area contributed by atoms with Crippen molar-refractivity contribution in [1.29, 1.82) is 0 Å². The second-order valence-corrected chi connectivity index (χ2v) is 27.4. The first-order valence-corrected chi connectivity index (χ1v) is 37.0. The number of esters is 4. The molecule has 0 rings (SSSR count). The summed E-state index contributed by atoms with van der Waals surface area (Å²) in [7, 11) is -9.88. The largest absolute Gasteiger partial charge is 0.472 e. The van der Waals surface area contributed by atoms with Gasteiger partial charge in [0.15, 0.2) is 12.2 Å². The van der Waals surface area contributed by atoms with Crippen LogP contribution in [0.25, 0.3) is 0 Å². The molecule has 0 spiro atoms. The van der Waals surface area contributed by atoms with Gasteiger partial charge in [0.05, 0.1) is 26.4 Å². The second-order valence-electron chi connectivity index (χ2n) is 24.5. The molecule has 0 heterocycles. The van der Waals surface area contributed by atoms with Crippen molar-refractivity contribution < 1.29 is 80.2 Å². The minimum atomic E-state index is -4.95. The number of unbranched alkanes of at least 4 members (excludes halogenated alkanes) is 34. The van der Waals surface area contributed by atoms with Gasteiger partial charge < -0.3 is 33.8 Å². The Labute approximate surface area is 511 Å². The molecule has 19 heteroatoms. The molecule has 84 heavy (non-hydrogen) atoms. The van der Waals surface area contributed by atoms with Crippen LogP contribution in [0.1, 0.15) is 324 Å².